The van der Waals surface area contributed by atoms with Crippen molar-refractivity contribution in [2.75, 3.05) is 0 Å². The molecule has 2 aromatic rings. The number of benzene rings is 1. The SMILES string of the molecule is CCC(Oc1cccc(C)c1C)C(=O)NCc1ccco1. The summed E-state index contributed by atoms with van der Waals surface area (Å²) in [5.41, 5.74) is 2.22. The normalized spacial score (nSPS) is 12.0. The van der Waals surface area contributed by atoms with E-state index in [1.807, 2.05) is 45.0 Å². The minimum Gasteiger partial charge on any atom is -0.480 e. The van der Waals surface area contributed by atoms with Crippen LogP contribution in [0.4, 0.5) is 0 Å². The van der Waals surface area contributed by atoms with Crippen molar-refractivity contribution in [3.8, 4) is 5.75 Å². The van der Waals surface area contributed by atoms with Gasteiger partial charge in [-0.15, -0.1) is 0 Å². The molecular weight excluding hydrogens is 266 g/mol. The fraction of sp³-hybridized carbons (Fsp3) is 0.353. The van der Waals surface area contributed by atoms with E-state index < -0.39 is 6.10 Å². The van der Waals surface area contributed by atoms with E-state index in [1.165, 1.54) is 0 Å². The third kappa shape index (κ3) is 3.88. The van der Waals surface area contributed by atoms with Crippen LogP contribution in [0.5, 0.6) is 5.75 Å². The third-order valence-electron chi connectivity index (χ3n) is 3.50. The summed E-state index contributed by atoms with van der Waals surface area (Å²) in [6.07, 6.45) is 1.70. The number of nitrogens with one attached hydrogen (secondary N) is 1. The van der Waals surface area contributed by atoms with Gasteiger partial charge < -0.3 is 14.5 Å². The Morgan fingerprint density at radius 2 is 2.10 bits per heavy atom. The van der Waals surface area contributed by atoms with Gasteiger partial charge in [-0.1, -0.05) is 19.1 Å². The summed E-state index contributed by atoms with van der Waals surface area (Å²) in [4.78, 5) is 12.2. The maximum Gasteiger partial charge on any atom is 0.261 e. The maximum absolute atomic E-state index is 12.2. The highest BCUT2D eigenvalue weighted by atomic mass is 16.5. The fourth-order valence-corrected chi connectivity index (χ4v) is 2.03. The predicted molar refractivity (Wildman–Crippen MR) is 81.2 cm³/mol. The topological polar surface area (TPSA) is 51.5 Å². The number of hydrogen-bond donors (Lipinski definition) is 1. The first kappa shape index (κ1) is 15.2. The Morgan fingerprint density at radius 3 is 2.76 bits per heavy atom. The van der Waals surface area contributed by atoms with Gasteiger partial charge in [0.25, 0.3) is 5.91 Å². The van der Waals surface area contributed by atoms with Crippen molar-refractivity contribution in [2.24, 2.45) is 0 Å². The molecule has 2 rings (SSSR count). The van der Waals surface area contributed by atoms with Gasteiger partial charge in [0.2, 0.25) is 0 Å². The van der Waals surface area contributed by atoms with Crippen molar-refractivity contribution in [1.29, 1.82) is 0 Å². The molecule has 21 heavy (non-hydrogen) atoms. The summed E-state index contributed by atoms with van der Waals surface area (Å²) in [6.45, 7) is 6.33. The Hall–Kier alpha value is -2.23. The molecule has 0 aliphatic rings. The second-order valence-electron chi connectivity index (χ2n) is 5.01. The summed E-state index contributed by atoms with van der Waals surface area (Å²) in [5, 5.41) is 2.83. The van der Waals surface area contributed by atoms with Gasteiger partial charge in [-0.2, -0.15) is 0 Å². The average Bonchev–Trinajstić information content (AvgIpc) is 2.99. The number of rotatable bonds is 6. The van der Waals surface area contributed by atoms with Gasteiger partial charge in [0.1, 0.15) is 11.5 Å². The summed E-state index contributed by atoms with van der Waals surface area (Å²) < 4.78 is 11.1. The predicted octanol–water partition coefficient (Wildman–Crippen LogP) is 3.37. The van der Waals surface area contributed by atoms with Crippen LogP contribution in [0.3, 0.4) is 0 Å². The van der Waals surface area contributed by atoms with Gasteiger partial charge in [-0.05, 0) is 49.6 Å². The van der Waals surface area contributed by atoms with Crippen LogP contribution in [0, 0.1) is 13.8 Å². The van der Waals surface area contributed by atoms with Gasteiger partial charge in [0.05, 0.1) is 12.8 Å². The number of hydrogen-bond acceptors (Lipinski definition) is 3. The van der Waals surface area contributed by atoms with Crippen molar-refractivity contribution >= 4 is 5.91 Å². The maximum atomic E-state index is 12.2. The smallest absolute Gasteiger partial charge is 0.261 e. The highest BCUT2D eigenvalue weighted by Gasteiger charge is 2.19. The molecule has 0 spiro atoms. The molecule has 1 aromatic heterocycles. The van der Waals surface area contributed by atoms with Crippen molar-refractivity contribution in [3.63, 3.8) is 0 Å². The first-order valence-corrected chi connectivity index (χ1v) is 7.14. The van der Waals surface area contributed by atoms with Gasteiger partial charge in [-0.3, -0.25) is 4.79 Å². The number of aryl methyl sites for hydroxylation is 1. The van der Waals surface area contributed by atoms with Crippen LogP contribution in [-0.2, 0) is 11.3 Å². The molecule has 1 unspecified atom stereocenters. The molecule has 0 bridgehead atoms. The van der Waals surface area contributed by atoms with E-state index in [9.17, 15) is 4.79 Å². The molecule has 1 N–H and O–H groups in total. The van der Waals surface area contributed by atoms with E-state index in [1.54, 1.807) is 12.3 Å². The fourth-order valence-electron chi connectivity index (χ4n) is 2.03. The monoisotopic (exact) mass is 287 g/mol. The van der Waals surface area contributed by atoms with E-state index in [-0.39, 0.29) is 5.91 Å². The van der Waals surface area contributed by atoms with Crippen LogP contribution in [0.2, 0.25) is 0 Å². The minimum atomic E-state index is -0.500. The lowest BCUT2D eigenvalue weighted by atomic mass is 10.1. The van der Waals surface area contributed by atoms with Crippen LogP contribution in [0.15, 0.2) is 41.0 Å². The zero-order valence-electron chi connectivity index (χ0n) is 12.7. The quantitative estimate of drug-likeness (QED) is 0.886. The van der Waals surface area contributed by atoms with Crippen molar-refractivity contribution in [2.45, 2.75) is 39.8 Å². The Labute approximate surface area is 125 Å². The number of carbonyl (C=O) groups excluding carboxylic acids is 1. The van der Waals surface area contributed by atoms with Crippen LogP contribution in [0.25, 0.3) is 0 Å². The minimum absolute atomic E-state index is 0.130. The van der Waals surface area contributed by atoms with E-state index >= 15 is 0 Å². The Morgan fingerprint density at radius 1 is 1.29 bits per heavy atom. The van der Waals surface area contributed by atoms with E-state index in [2.05, 4.69) is 5.32 Å². The molecule has 1 aromatic carbocycles. The number of furan rings is 1. The van der Waals surface area contributed by atoms with E-state index in [0.717, 1.165) is 22.6 Å². The van der Waals surface area contributed by atoms with E-state index in [4.69, 9.17) is 9.15 Å². The third-order valence-corrected chi connectivity index (χ3v) is 3.50. The average molecular weight is 287 g/mol. The highest BCUT2D eigenvalue weighted by molar-refractivity contribution is 5.81. The first-order valence-electron chi connectivity index (χ1n) is 7.14. The Balaban J connectivity index is 1.98. The van der Waals surface area contributed by atoms with E-state index in [0.29, 0.717) is 13.0 Å². The molecule has 0 saturated heterocycles. The summed E-state index contributed by atoms with van der Waals surface area (Å²) in [5.74, 6) is 1.36. The number of amides is 1. The van der Waals surface area contributed by atoms with Crippen molar-refractivity contribution in [3.05, 3.63) is 53.5 Å². The molecule has 1 heterocycles. The second-order valence-corrected chi connectivity index (χ2v) is 5.01. The van der Waals surface area contributed by atoms with Gasteiger partial charge in [-0.25, -0.2) is 0 Å². The van der Waals surface area contributed by atoms with Crippen LogP contribution in [-0.4, -0.2) is 12.0 Å². The first-order chi connectivity index (χ1) is 10.1. The highest BCUT2D eigenvalue weighted by Crippen LogP contribution is 2.22. The Kier molecular flexibility index (Phi) is 5.04. The molecule has 112 valence electrons. The molecular formula is C17H21NO3. The van der Waals surface area contributed by atoms with Crippen molar-refractivity contribution in [1.82, 2.24) is 5.32 Å². The molecule has 0 fully saturated rings. The lowest BCUT2D eigenvalue weighted by Crippen LogP contribution is -2.37. The number of carbonyl (C=O) groups is 1. The van der Waals surface area contributed by atoms with Crippen molar-refractivity contribution < 1.29 is 13.9 Å². The largest absolute Gasteiger partial charge is 0.480 e. The number of ether oxygens (including phenoxy) is 1. The molecule has 4 heteroatoms. The zero-order chi connectivity index (χ0) is 15.2. The summed E-state index contributed by atoms with van der Waals surface area (Å²) in [6, 6.07) is 9.48. The Bertz CT molecular complexity index is 590. The van der Waals surface area contributed by atoms with Gasteiger partial charge >= 0.3 is 0 Å². The molecule has 4 nitrogen and oxygen atoms in total. The lowest BCUT2D eigenvalue weighted by molar-refractivity contribution is -0.128. The van der Waals surface area contributed by atoms with Gasteiger partial charge in [0.15, 0.2) is 6.10 Å². The van der Waals surface area contributed by atoms with Crippen LogP contribution < -0.4 is 10.1 Å². The molecule has 1 atom stereocenters. The zero-order valence-corrected chi connectivity index (χ0v) is 12.7. The van der Waals surface area contributed by atoms with Crippen LogP contribution >= 0.6 is 0 Å². The summed E-state index contributed by atoms with van der Waals surface area (Å²) >= 11 is 0. The second kappa shape index (κ2) is 6.97. The van der Waals surface area contributed by atoms with Gasteiger partial charge in [0, 0.05) is 0 Å². The standard InChI is InChI=1S/C17H21NO3/c1-4-15(17(19)18-11-14-8-6-10-20-14)21-16-9-5-7-12(2)13(16)3/h5-10,15H,4,11H2,1-3H3,(H,18,19). The molecule has 0 radical (unpaired) electrons. The van der Waals surface area contributed by atoms with Crippen LogP contribution in [0.1, 0.15) is 30.2 Å². The summed E-state index contributed by atoms with van der Waals surface area (Å²) in [7, 11) is 0. The molecule has 0 aliphatic heterocycles. The molecule has 0 saturated carbocycles. The lowest BCUT2D eigenvalue weighted by Gasteiger charge is -2.19. The molecule has 0 aliphatic carbocycles. The molecule has 1 amide bonds.